The van der Waals surface area contributed by atoms with Crippen LogP contribution in [0.2, 0.25) is 0 Å². The van der Waals surface area contributed by atoms with Crippen LogP contribution in [0.4, 0.5) is 18.9 Å². The number of nitrogens with zero attached hydrogens (tertiary/aromatic N) is 1. The number of pyridine rings is 1. The van der Waals surface area contributed by atoms with Crippen molar-refractivity contribution in [3.05, 3.63) is 36.0 Å². The molecule has 4 nitrogen and oxygen atoms in total. The Hall–Kier alpha value is -1.83. The molecule has 0 aliphatic carbocycles. The summed E-state index contributed by atoms with van der Waals surface area (Å²) >= 11 is 0. The van der Waals surface area contributed by atoms with Crippen LogP contribution in [0.5, 0.6) is 0 Å². The van der Waals surface area contributed by atoms with Crippen LogP contribution in [0.1, 0.15) is 32.3 Å². The van der Waals surface area contributed by atoms with Crippen molar-refractivity contribution in [3.8, 4) is 0 Å². The summed E-state index contributed by atoms with van der Waals surface area (Å²) in [5.41, 5.74) is 0.00340. The predicted octanol–water partition coefficient (Wildman–Crippen LogP) is 4.27. The molecule has 0 radical (unpaired) electrons. The lowest BCUT2D eigenvalue weighted by atomic mass is 10.0. The van der Waals surface area contributed by atoms with Gasteiger partial charge in [0.1, 0.15) is 0 Å². The van der Waals surface area contributed by atoms with Crippen LogP contribution in [-0.4, -0.2) is 30.9 Å². The van der Waals surface area contributed by atoms with Crippen molar-refractivity contribution in [1.29, 1.82) is 0 Å². The van der Waals surface area contributed by atoms with Crippen molar-refractivity contribution in [1.82, 2.24) is 4.98 Å². The number of sulfone groups is 1. The minimum absolute atomic E-state index is 0.180. The van der Waals surface area contributed by atoms with Gasteiger partial charge in [-0.1, -0.05) is 19.9 Å². The molecule has 0 bridgehead atoms. The number of nitrogens with one attached hydrogen (secondary N) is 1. The molecule has 1 N–H and O–H groups in total. The molecule has 0 fully saturated rings. The second kappa shape index (κ2) is 6.82. The number of rotatable bonds is 6. The van der Waals surface area contributed by atoms with E-state index in [1.807, 2.05) is 13.8 Å². The van der Waals surface area contributed by atoms with Gasteiger partial charge in [0.25, 0.3) is 0 Å². The maximum Gasteiger partial charge on any atom is 0.416 e. The molecule has 0 atom stereocenters. The second-order valence-electron chi connectivity index (χ2n) is 6.10. The van der Waals surface area contributed by atoms with Crippen molar-refractivity contribution in [2.45, 2.75) is 37.6 Å². The fourth-order valence-corrected chi connectivity index (χ4v) is 4.27. The Kier molecular flexibility index (Phi) is 5.32. The molecule has 138 valence electrons. The third-order valence-electron chi connectivity index (χ3n) is 4.75. The van der Waals surface area contributed by atoms with Gasteiger partial charge in [-0.25, -0.2) is 8.42 Å². The molecule has 2 rings (SSSR count). The van der Waals surface area contributed by atoms with Gasteiger partial charge in [-0.3, -0.25) is 4.98 Å². The monoisotopic (exact) mass is 374 g/mol. The number of anilines is 1. The molecule has 0 saturated carbocycles. The van der Waals surface area contributed by atoms with E-state index in [-0.39, 0.29) is 12.1 Å². The molecule has 1 aromatic carbocycles. The molecular weight excluding hydrogens is 353 g/mol. The first-order valence-corrected chi connectivity index (χ1v) is 9.82. The Morgan fingerprint density at radius 2 is 1.76 bits per heavy atom. The predicted molar refractivity (Wildman–Crippen MR) is 93.4 cm³/mol. The fourth-order valence-electron chi connectivity index (χ4n) is 2.89. The topological polar surface area (TPSA) is 59.1 Å². The molecule has 0 spiro atoms. The van der Waals surface area contributed by atoms with Gasteiger partial charge in [0.05, 0.1) is 15.8 Å². The Morgan fingerprint density at radius 1 is 1.12 bits per heavy atom. The van der Waals surface area contributed by atoms with E-state index < -0.39 is 26.3 Å². The van der Waals surface area contributed by atoms with Gasteiger partial charge in [-0.15, -0.1) is 0 Å². The van der Waals surface area contributed by atoms with Gasteiger partial charge in [-0.2, -0.15) is 13.2 Å². The zero-order chi connectivity index (χ0) is 18.9. The van der Waals surface area contributed by atoms with Crippen LogP contribution in [0.3, 0.4) is 0 Å². The van der Waals surface area contributed by atoms with Crippen molar-refractivity contribution in [2.75, 3.05) is 18.1 Å². The molecular formula is C17H21F3N2O2S. The molecule has 25 heavy (non-hydrogen) atoms. The third kappa shape index (κ3) is 3.89. The van der Waals surface area contributed by atoms with Crippen LogP contribution in [-0.2, 0) is 16.0 Å². The molecule has 0 aliphatic rings. The van der Waals surface area contributed by atoms with Crippen LogP contribution < -0.4 is 5.32 Å². The van der Waals surface area contributed by atoms with Crippen molar-refractivity contribution >= 4 is 26.4 Å². The van der Waals surface area contributed by atoms with E-state index in [9.17, 15) is 21.6 Å². The SMILES string of the molecule is CCC(CC)(CNc1ccnc2cc(C(F)(F)F)ccc12)S(C)(=O)=O. The van der Waals surface area contributed by atoms with E-state index in [4.69, 9.17) is 0 Å². The Bertz CT molecular complexity index is 860. The third-order valence-corrected chi connectivity index (χ3v) is 7.04. The van der Waals surface area contributed by atoms with Gasteiger partial charge >= 0.3 is 6.18 Å². The Morgan fingerprint density at radius 3 is 2.28 bits per heavy atom. The van der Waals surface area contributed by atoms with Gasteiger partial charge in [0.15, 0.2) is 9.84 Å². The van der Waals surface area contributed by atoms with E-state index in [1.165, 1.54) is 18.5 Å². The first-order chi connectivity index (χ1) is 11.5. The summed E-state index contributed by atoms with van der Waals surface area (Å²) < 4.78 is 61.9. The Balaban J connectivity index is 2.39. The second-order valence-corrected chi connectivity index (χ2v) is 8.51. The summed E-state index contributed by atoms with van der Waals surface area (Å²) in [5, 5.41) is 3.61. The number of hydrogen-bond acceptors (Lipinski definition) is 4. The number of fused-ring (bicyclic) bond motifs is 1. The normalized spacial score (nSPS) is 13.2. The van der Waals surface area contributed by atoms with Crippen molar-refractivity contribution in [3.63, 3.8) is 0 Å². The largest absolute Gasteiger partial charge is 0.416 e. The van der Waals surface area contributed by atoms with Gasteiger partial charge < -0.3 is 5.32 Å². The van der Waals surface area contributed by atoms with E-state index in [0.29, 0.717) is 23.9 Å². The highest BCUT2D eigenvalue weighted by atomic mass is 32.2. The maximum absolute atomic E-state index is 12.8. The lowest BCUT2D eigenvalue weighted by Gasteiger charge is -2.30. The number of hydrogen-bond donors (Lipinski definition) is 1. The maximum atomic E-state index is 12.8. The first-order valence-electron chi connectivity index (χ1n) is 7.93. The summed E-state index contributed by atoms with van der Waals surface area (Å²) in [4.78, 5) is 3.99. The summed E-state index contributed by atoms with van der Waals surface area (Å²) in [6.07, 6.45) is -0.935. The van der Waals surface area contributed by atoms with Crippen LogP contribution in [0, 0.1) is 0 Å². The van der Waals surface area contributed by atoms with E-state index in [0.717, 1.165) is 12.1 Å². The quantitative estimate of drug-likeness (QED) is 0.820. The lowest BCUT2D eigenvalue weighted by molar-refractivity contribution is -0.137. The molecule has 1 aromatic heterocycles. The highest BCUT2D eigenvalue weighted by Gasteiger charge is 2.37. The van der Waals surface area contributed by atoms with Gasteiger partial charge in [0.2, 0.25) is 0 Å². The highest BCUT2D eigenvalue weighted by Crippen LogP contribution is 2.33. The minimum atomic E-state index is -4.44. The number of halogens is 3. The van der Waals surface area contributed by atoms with Crippen molar-refractivity contribution < 1.29 is 21.6 Å². The van der Waals surface area contributed by atoms with E-state index >= 15 is 0 Å². The van der Waals surface area contributed by atoms with Gasteiger partial charge in [0, 0.05) is 30.1 Å². The molecule has 0 aliphatic heterocycles. The molecule has 8 heteroatoms. The summed E-state index contributed by atoms with van der Waals surface area (Å²) in [6, 6.07) is 4.98. The molecule has 0 saturated heterocycles. The molecule has 0 amide bonds. The Labute approximate surface area is 145 Å². The first kappa shape index (κ1) is 19.5. The van der Waals surface area contributed by atoms with Crippen LogP contribution >= 0.6 is 0 Å². The highest BCUT2D eigenvalue weighted by molar-refractivity contribution is 7.92. The van der Waals surface area contributed by atoms with E-state index in [1.54, 1.807) is 6.07 Å². The smallest absolute Gasteiger partial charge is 0.383 e. The number of alkyl halides is 3. The minimum Gasteiger partial charge on any atom is -0.383 e. The van der Waals surface area contributed by atoms with Crippen molar-refractivity contribution in [2.24, 2.45) is 0 Å². The number of aromatic nitrogens is 1. The van der Waals surface area contributed by atoms with Crippen LogP contribution in [0.25, 0.3) is 10.9 Å². The fraction of sp³-hybridized carbons (Fsp3) is 0.471. The summed E-state index contributed by atoms with van der Waals surface area (Å²) in [7, 11) is -3.30. The van der Waals surface area contributed by atoms with Crippen LogP contribution in [0.15, 0.2) is 30.5 Å². The lowest BCUT2D eigenvalue weighted by Crippen LogP contribution is -2.43. The standard InChI is InChI=1S/C17H21F3N2O2S/c1-4-16(5-2,25(3,23)24)11-22-14-8-9-21-15-10-12(17(18,19)20)6-7-13(14)15/h6-10H,4-5,11H2,1-3H3,(H,21,22). The molecule has 2 aromatic rings. The zero-order valence-electron chi connectivity index (χ0n) is 14.3. The van der Waals surface area contributed by atoms with E-state index in [2.05, 4.69) is 10.3 Å². The average molecular weight is 374 g/mol. The molecule has 0 unspecified atom stereocenters. The summed E-state index contributed by atoms with van der Waals surface area (Å²) in [6.45, 7) is 3.80. The zero-order valence-corrected chi connectivity index (χ0v) is 15.1. The number of benzene rings is 1. The molecule has 1 heterocycles. The average Bonchev–Trinajstić information content (AvgIpc) is 2.53. The van der Waals surface area contributed by atoms with Gasteiger partial charge in [-0.05, 0) is 31.0 Å². The summed E-state index contributed by atoms with van der Waals surface area (Å²) in [5.74, 6) is 0.